The van der Waals surface area contributed by atoms with Gasteiger partial charge in [-0.05, 0) is 91.9 Å². The molecule has 0 radical (unpaired) electrons. The summed E-state index contributed by atoms with van der Waals surface area (Å²) in [5, 5.41) is 15.2. The lowest BCUT2D eigenvalue weighted by molar-refractivity contribution is -0.123. The number of hydrogen-bond donors (Lipinski definition) is 3. The van der Waals surface area contributed by atoms with E-state index in [-0.39, 0.29) is 0 Å². The number of carbonyl (C=O) groups is 1. The summed E-state index contributed by atoms with van der Waals surface area (Å²) in [5.74, 6) is -0.435. The molecule has 0 heterocycles. The average Bonchev–Trinajstić information content (AvgIpc) is 2.83. The van der Waals surface area contributed by atoms with Gasteiger partial charge in [0.25, 0.3) is 5.91 Å². The van der Waals surface area contributed by atoms with E-state index in [1.54, 1.807) is 12.1 Å². The molecule has 164 valence electrons. The third-order valence-electron chi connectivity index (χ3n) is 4.81. The van der Waals surface area contributed by atoms with Crippen LogP contribution in [0.1, 0.15) is 6.92 Å². The fourth-order valence-corrected chi connectivity index (χ4v) is 3.07. The molecule has 0 spiro atoms. The molecule has 0 saturated heterocycles. The van der Waals surface area contributed by atoms with Crippen molar-refractivity contribution in [3.05, 3.63) is 103 Å². The van der Waals surface area contributed by atoms with Crippen molar-refractivity contribution in [3.63, 3.8) is 0 Å². The largest absolute Gasteiger partial charge is 0.384 e. The maximum absolute atomic E-state index is 11.6. The van der Waals surface area contributed by atoms with Gasteiger partial charge in [0, 0.05) is 17.1 Å². The van der Waals surface area contributed by atoms with Crippen LogP contribution >= 0.6 is 0 Å². The molecule has 1 amide bonds. The Morgan fingerprint density at radius 3 is 1.67 bits per heavy atom. The van der Waals surface area contributed by atoms with E-state index in [0.717, 1.165) is 34.2 Å². The van der Waals surface area contributed by atoms with E-state index in [1.807, 2.05) is 91.0 Å². The zero-order valence-electron chi connectivity index (χ0n) is 18.1. The van der Waals surface area contributed by atoms with Gasteiger partial charge in [-0.2, -0.15) is 0 Å². The van der Waals surface area contributed by atoms with Gasteiger partial charge >= 0.3 is 0 Å². The Hall–Kier alpha value is -4.29. The Morgan fingerprint density at radius 2 is 1.15 bits per heavy atom. The smallest absolute Gasteiger partial charge is 0.252 e. The summed E-state index contributed by atoms with van der Waals surface area (Å²) >= 11 is 0. The van der Waals surface area contributed by atoms with E-state index in [1.165, 1.54) is 6.92 Å². The number of aliphatic hydroxyl groups is 1. The highest BCUT2D eigenvalue weighted by atomic mass is 16.3. The van der Waals surface area contributed by atoms with Crippen molar-refractivity contribution >= 4 is 45.8 Å². The van der Waals surface area contributed by atoms with Crippen LogP contribution in [0.15, 0.2) is 113 Å². The highest BCUT2D eigenvalue weighted by molar-refractivity contribution is 6.19. The van der Waals surface area contributed by atoms with Gasteiger partial charge in [0.1, 0.15) is 6.10 Å². The van der Waals surface area contributed by atoms with Crippen LogP contribution in [0.3, 0.4) is 0 Å². The molecule has 0 bridgehead atoms. The zero-order chi connectivity index (χ0) is 23.0. The number of benzene rings is 3. The van der Waals surface area contributed by atoms with Gasteiger partial charge < -0.3 is 15.7 Å². The zero-order valence-corrected chi connectivity index (χ0v) is 18.1. The average molecular weight is 437 g/mol. The number of amides is 1. The summed E-state index contributed by atoms with van der Waals surface area (Å²) in [5.41, 5.74) is 5.95. The van der Waals surface area contributed by atoms with Crippen LogP contribution < -0.4 is 10.6 Å². The van der Waals surface area contributed by atoms with E-state index in [0.29, 0.717) is 5.69 Å². The molecule has 6 nitrogen and oxygen atoms in total. The Balaban J connectivity index is 1.35. The van der Waals surface area contributed by atoms with Gasteiger partial charge in [-0.25, -0.2) is 9.98 Å². The first kappa shape index (κ1) is 21.9. The van der Waals surface area contributed by atoms with Gasteiger partial charge in [0.05, 0.1) is 22.8 Å². The number of rotatable bonds is 6. The molecular formula is C27H24N4O2. The number of allylic oxidation sites excluding steroid dienone is 4. The van der Waals surface area contributed by atoms with Crippen molar-refractivity contribution in [3.8, 4) is 0 Å². The Bertz CT molecular complexity index is 1210. The first-order chi connectivity index (χ1) is 16.0. The Kier molecular flexibility index (Phi) is 6.87. The van der Waals surface area contributed by atoms with Gasteiger partial charge in [-0.1, -0.05) is 18.2 Å². The van der Waals surface area contributed by atoms with Crippen molar-refractivity contribution in [1.82, 2.24) is 0 Å². The minimum atomic E-state index is -1.05. The highest BCUT2D eigenvalue weighted by Gasteiger charge is 2.08. The minimum Gasteiger partial charge on any atom is -0.384 e. The number of nitrogens with one attached hydrogen (secondary N) is 2. The van der Waals surface area contributed by atoms with Gasteiger partial charge in [-0.15, -0.1) is 0 Å². The molecule has 6 heteroatoms. The fraction of sp³-hybridized carbons (Fsp3) is 0.0741. The summed E-state index contributed by atoms with van der Waals surface area (Å²) in [7, 11) is 0. The number of para-hydroxylation sites is 1. The Labute approximate surface area is 192 Å². The predicted octanol–water partition coefficient (Wildman–Crippen LogP) is 5.72. The molecular weight excluding hydrogens is 412 g/mol. The van der Waals surface area contributed by atoms with Crippen molar-refractivity contribution in [2.24, 2.45) is 9.98 Å². The number of hydrogen-bond acceptors (Lipinski definition) is 5. The standard InChI is InChI=1S/C27H24N4O2/c1-19(32)27(33)31-26-17-15-25(16-18-26)30-24-13-11-23(12-14-24)29-22-9-7-21(8-10-22)28-20-5-3-2-4-6-20/h2-19,30,32H,1H3,(H,31,33). The molecule has 0 saturated carbocycles. The molecule has 1 unspecified atom stereocenters. The van der Waals surface area contributed by atoms with Crippen LogP contribution in [-0.4, -0.2) is 28.5 Å². The molecule has 0 aliphatic heterocycles. The third-order valence-corrected chi connectivity index (χ3v) is 4.81. The van der Waals surface area contributed by atoms with Gasteiger partial charge in [-0.3, -0.25) is 4.79 Å². The molecule has 1 aliphatic carbocycles. The van der Waals surface area contributed by atoms with Crippen molar-refractivity contribution in [2.45, 2.75) is 13.0 Å². The topological polar surface area (TPSA) is 86.1 Å². The number of aliphatic imine (C=N–C) groups is 2. The second kappa shape index (κ2) is 10.3. The molecule has 4 rings (SSSR count). The SMILES string of the molecule is CC(O)C(=O)Nc1ccc(Nc2ccc(N=C3C=CC(=Nc4ccccc4)C=C3)cc2)cc1. The molecule has 1 atom stereocenters. The number of carbonyl (C=O) groups excluding carboxylic acids is 1. The second-order valence-corrected chi connectivity index (χ2v) is 7.49. The van der Waals surface area contributed by atoms with Crippen LogP contribution in [0, 0.1) is 0 Å². The lowest BCUT2D eigenvalue weighted by Gasteiger charge is -2.10. The molecule has 3 N–H and O–H groups in total. The maximum Gasteiger partial charge on any atom is 0.252 e. The third kappa shape index (κ3) is 6.35. The predicted molar refractivity (Wildman–Crippen MR) is 135 cm³/mol. The van der Waals surface area contributed by atoms with Crippen LogP contribution in [0.2, 0.25) is 0 Å². The van der Waals surface area contributed by atoms with Crippen molar-refractivity contribution in [1.29, 1.82) is 0 Å². The fourth-order valence-electron chi connectivity index (χ4n) is 3.07. The molecule has 3 aromatic rings. The minimum absolute atomic E-state index is 0.435. The van der Waals surface area contributed by atoms with Crippen LogP contribution in [-0.2, 0) is 4.79 Å². The summed E-state index contributed by atoms with van der Waals surface area (Å²) in [6.45, 7) is 1.43. The lowest BCUT2D eigenvalue weighted by Crippen LogP contribution is -2.24. The molecule has 33 heavy (non-hydrogen) atoms. The first-order valence-electron chi connectivity index (χ1n) is 10.6. The summed E-state index contributed by atoms with van der Waals surface area (Å²) in [6, 6.07) is 24.9. The second-order valence-electron chi connectivity index (χ2n) is 7.49. The molecule has 0 fully saturated rings. The van der Waals surface area contributed by atoms with E-state index in [9.17, 15) is 9.90 Å². The quantitative estimate of drug-likeness (QED) is 0.432. The van der Waals surface area contributed by atoms with Gasteiger partial charge in [0.15, 0.2) is 0 Å². The normalized spacial score (nSPS) is 13.4. The molecule has 3 aromatic carbocycles. The van der Waals surface area contributed by atoms with E-state index in [4.69, 9.17) is 0 Å². The Morgan fingerprint density at radius 1 is 0.697 bits per heavy atom. The van der Waals surface area contributed by atoms with E-state index < -0.39 is 12.0 Å². The van der Waals surface area contributed by atoms with E-state index in [2.05, 4.69) is 20.6 Å². The van der Waals surface area contributed by atoms with Crippen LogP contribution in [0.5, 0.6) is 0 Å². The van der Waals surface area contributed by atoms with Crippen LogP contribution in [0.4, 0.5) is 28.4 Å². The number of aliphatic hydroxyl groups excluding tert-OH is 1. The van der Waals surface area contributed by atoms with Crippen molar-refractivity contribution < 1.29 is 9.90 Å². The molecule has 1 aliphatic rings. The maximum atomic E-state index is 11.6. The summed E-state index contributed by atoms with van der Waals surface area (Å²) in [4.78, 5) is 20.8. The van der Waals surface area contributed by atoms with E-state index >= 15 is 0 Å². The lowest BCUT2D eigenvalue weighted by atomic mass is 10.1. The highest BCUT2D eigenvalue weighted by Crippen LogP contribution is 2.22. The monoisotopic (exact) mass is 436 g/mol. The van der Waals surface area contributed by atoms with Gasteiger partial charge in [0.2, 0.25) is 0 Å². The summed E-state index contributed by atoms with van der Waals surface area (Å²) in [6.07, 6.45) is 6.76. The number of nitrogens with zero attached hydrogens (tertiary/aromatic N) is 2. The number of anilines is 3. The van der Waals surface area contributed by atoms with Crippen LogP contribution in [0.25, 0.3) is 0 Å². The first-order valence-corrected chi connectivity index (χ1v) is 10.6. The summed E-state index contributed by atoms with van der Waals surface area (Å²) < 4.78 is 0. The van der Waals surface area contributed by atoms with Crippen molar-refractivity contribution in [2.75, 3.05) is 10.6 Å². The molecule has 0 aromatic heterocycles.